The fraction of sp³-hybridized carbons (Fsp3) is 0.571. The molecule has 0 aromatic heterocycles. The molecule has 0 aliphatic carbocycles. The minimum atomic E-state index is -1.37. The van der Waals surface area contributed by atoms with Crippen molar-refractivity contribution in [1.29, 1.82) is 0 Å². The highest BCUT2D eigenvalue weighted by Crippen LogP contribution is 2.27. The highest BCUT2D eigenvalue weighted by Gasteiger charge is 2.55. The SMILES string of the molecule is C=C(C)C(=O)N1CN2CN(C(=O)C(=C)C)CC([N+](=O)[O-])(C2)C1. The summed E-state index contributed by atoms with van der Waals surface area (Å²) < 4.78 is 0. The average Bonchev–Trinajstić information content (AvgIpc) is 2.43. The van der Waals surface area contributed by atoms with Crippen LogP contribution in [0.1, 0.15) is 13.8 Å². The van der Waals surface area contributed by atoms with Crippen LogP contribution in [-0.2, 0) is 9.59 Å². The first-order valence-corrected chi connectivity index (χ1v) is 6.93. The third kappa shape index (κ3) is 2.74. The van der Waals surface area contributed by atoms with Crippen LogP contribution in [-0.4, -0.2) is 69.9 Å². The number of nitro groups is 1. The first kappa shape index (κ1) is 16.2. The number of amides is 2. The molecule has 0 atom stereocenters. The zero-order valence-corrected chi connectivity index (χ0v) is 12.9. The predicted molar refractivity (Wildman–Crippen MR) is 79.2 cm³/mol. The number of hydrogen-bond donors (Lipinski definition) is 0. The van der Waals surface area contributed by atoms with Gasteiger partial charge in [0.05, 0.1) is 33.0 Å². The molecule has 0 radical (unpaired) electrons. The Labute approximate surface area is 128 Å². The Kier molecular flexibility index (Phi) is 4.06. The van der Waals surface area contributed by atoms with Crippen molar-refractivity contribution in [3.05, 3.63) is 34.4 Å². The number of rotatable bonds is 3. The molecule has 2 heterocycles. The van der Waals surface area contributed by atoms with Crippen molar-refractivity contribution in [2.75, 3.05) is 33.0 Å². The zero-order chi connectivity index (χ0) is 16.7. The molecule has 0 aromatic rings. The lowest BCUT2D eigenvalue weighted by molar-refractivity contribution is -0.579. The van der Waals surface area contributed by atoms with Gasteiger partial charge in [0, 0.05) is 16.1 Å². The summed E-state index contributed by atoms with van der Waals surface area (Å²) in [5.74, 6) is -0.591. The highest BCUT2D eigenvalue weighted by molar-refractivity contribution is 5.93. The average molecular weight is 308 g/mol. The number of fused-ring (bicyclic) bond motifs is 2. The van der Waals surface area contributed by atoms with Gasteiger partial charge < -0.3 is 9.80 Å². The molecule has 0 saturated carbocycles. The normalized spacial score (nSPS) is 27.3. The summed E-state index contributed by atoms with van der Waals surface area (Å²) >= 11 is 0. The molecule has 8 heteroatoms. The standard InChI is InChI=1S/C14H20N4O4/c1-10(2)12(19)16-6-14(18(21)22)5-15(8-16)9-17(7-14)13(20)11(3)4/h1,3,5-9H2,2,4H3. The summed E-state index contributed by atoms with van der Waals surface area (Å²) in [5.41, 5.74) is -0.684. The minimum Gasteiger partial charge on any atom is -0.319 e. The van der Waals surface area contributed by atoms with Crippen molar-refractivity contribution in [3.8, 4) is 0 Å². The second-order valence-corrected chi connectivity index (χ2v) is 6.16. The van der Waals surface area contributed by atoms with Crippen LogP contribution in [0, 0.1) is 10.1 Å². The quantitative estimate of drug-likeness (QED) is 0.418. The Morgan fingerprint density at radius 2 is 1.41 bits per heavy atom. The maximum absolute atomic E-state index is 12.1. The molecule has 2 amide bonds. The van der Waals surface area contributed by atoms with Crippen LogP contribution in [0.2, 0.25) is 0 Å². The highest BCUT2D eigenvalue weighted by atomic mass is 16.6. The van der Waals surface area contributed by atoms with Crippen molar-refractivity contribution >= 4 is 11.8 Å². The Morgan fingerprint density at radius 1 is 1.00 bits per heavy atom. The van der Waals surface area contributed by atoms with Crippen LogP contribution in [0.25, 0.3) is 0 Å². The van der Waals surface area contributed by atoms with E-state index in [1.165, 1.54) is 9.80 Å². The molecule has 2 aliphatic rings. The van der Waals surface area contributed by atoms with Crippen molar-refractivity contribution < 1.29 is 14.5 Å². The molecule has 2 rings (SSSR count). The molecule has 120 valence electrons. The maximum Gasteiger partial charge on any atom is 0.269 e. The molecular weight excluding hydrogens is 288 g/mol. The molecule has 2 bridgehead atoms. The van der Waals surface area contributed by atoms with E-state index >= 15 is 0 Å². The first-order valence-electron chi connectivity index (χ1n) is 6.93. The topological polar surface area (TPSA) is 87.0 Å². The van der Waals surface area contributed by atoms with Crippen LogP contribution in [0.15, 0.2) is 24.3 Å². The van der Waals surface area contributed by atoms with Gasteiger partial charge in [-0.05, 0) is 13.8 Å². The third-order valence-electron chi connectivity index (χ3n) is 3.92. The van der Waals surface area contributed by atoms with Crippen molar-refractivity contribution in [2.24, 2.45) is 0 Å². The van der Waals surface area contributed by atoms with Gasteiger partial charge in [0.2, 0.25) is 11.8 Å². The van der Waals surface area contributed by atoms with Crippen LogP contribution in [0.4, 0.5) is 0 Å². The van der Waals surface area contributed by atoms with Crippen LogP contribution < -0.4 is 0 Å². The fourth-order valence-corrected chi connectivity index (χ4v) is 2.99. The molecular formula is C14H20N4O4. The molecule has 0 N–H and O–H groups in total. The van der Waals surface area contributed by atoms with Crippen LogP contribution in [0.3, 0.4) is 0 Å². The number of nitrogens with zero attached hydrogens (tertiary/aromatic N) is 4. The molecule has 22 heavy (non-hydrogen) atoms. The van der Waals surface area contributed by atoms with Gasteiger partial charge in [0.1, 0.15) is 0 Å². The van der Waals surface area contributed by atoms with E-state index in [0.29, 0.717) is 11.1 Å². The van der Waals surface area contributed by atoms with E-state index in [4.69, 9.17) is 0 Å². The Morgan fingerprint density at radius 3 is 1.73 bits per heavy atom. The molecule has 2 aliphatic heterocycles. The van der Waals surface area contributed by atoms with Crippen molar-refractivity contribution in [3.63, 3.8) is 0 Å². The lowest BCUT2D eigenvalue weighted by atomic mass is 9.93. The van der Waals surface area contributed by atoms with Gasteiger partial charge in [-0.25, -0.2) is 0 Å². The van der Waals surface area contributed by atoms with Gasteiger partial charge in [0.15, 0.2) is 0 Å². The minimum absolute atomic E-state index is 0.0256. The molecule has 0 aromatic carbocycles. The summed E-state index contributed by atoms with van der Waals surface area (Å²) in [4.78, 5) is 40.0. The van der Waals surface area contributed by atoms with Crippen molar-refractivity contribution in [2.45, 2.75) is 19.4 Å². The smallest absolute Gasteiger partial charge is 0.269 e. The number of carbonyl (C=O) groups is 2. The van der Waals surface area contributed by atoms with Gasteiger partial charge in [-0.2, -0.15) is 0 Å². The summed E-state index contributed by atoms with van der Waals surface area (Å²) in [6.07, 6.45) is 0. The molecule has 0 spiro atoms. The van der Waals surface area contributed by atoms with E-state index in [-0.39, 0.29) is 49.7 Å². The zero-order valence-electron chi connectivity index (χ0n) is 12.9. The Hall–Kier alpha value is -2.22. The second kappa shape index (κ2) is 5.53. The summed E-state index contributed by atoms with van der Waals surface area (Å²) in [6.45, 7) is 11.0. The van der Waals surface area contributed by atoms with Gasteiger partial charge in [-0.15, -0.1) is 0 Å². The third-order valence-corrected chi connectivity index (χ3v) is 3.92. The molecule has 0 unspecified atom stereocenters. The lowest BCUT2D eigenvalue weighted by Crippen LogP contribution is -2.73. The van der Waals surface area contributed by atoms with Gasteiger partial charge >= 0.3 is 0 Å². The molecule has 8 nitrogen and oxygen atoms in total. The van der Waals surface area contributed by atoms with E-state index in [1.54, 1.807) is 18.7 Å². The maximum atomic E-state index is 12.1. The second-order valence-electron chi connectivity index (χ2n) is 6.16. The van der Waals surface area contributed by atoms with Crippen molar-refractivity contribution in [1.82, 2.24) is 14.7 Å². The summed E-state index contributed by atoms with van der Waals surface area (Å²) in [7, 11) is 0. The Bertz CT molecular complexity index is 533. The van der Waals surface area contributed by atoms with Gasteiger partial charge in [-0.1, -0.05) is 13.2 Å². The lowest BCUT2D eigenvalue weighted by Gasteiger charge is -2.49. The fourth-order valence-electron chi connectivity index (χ4n) is 2.99. The van der Waals surface area contributed by atoms with Crippen LogP contribution in [0.5, 0.6) is 0 Å². The number of hydrogen-bond acceptors (Lipinski definition) is 5. The Balaban J connectivity index is 2.29. The van der Waals surface area contributed by atoms with E-state index in [1.807, 2.05) is 0 Å². The van der Waals surface area contributed by atoms with Crippen LogP contribution >= 0.6 is 0 Å². The van der Waals surface area contributed by atoms with E-state index in [9.17, 15) is 19.7 Å². The first-order chi connectivity index (χ1) is 10.2. The molecule has 2 fully saturated rings. The summed E-state index contributed by atoms with van der Waals surface area (Å²) in [6, 6.07) is 0. The van der Waals surface area contributed by atoms with E-state index in [2.05, 4.69) is 13.2 Å². The molecule has 2 saturated heterocycles. The predicted octanol–water partition coefficient (Wildman–Crippen LogP) is 0.0555. The van der Waals surface area contributed by atoms with Gasteiger partial charge in [-0.3, -0.25) is 24.6 Å². The van der Waals surface area contributed by atoms with E-state index < -0.39 is 5.54 Å². The monoisotopic (exact) mass is 308 g/mol. The van der Waals surface area contributed by atoms with E-state index in [0.717, 1.165) is 0 Å². The summed E-state index contributed by atoms with van der Waals surface area (Å²) in [5, 5.41) is 11.6. The van der Waals surface area contributed by atoms with Gasteiger partial charge in [0.25, 0.3) is 5.54 Å². The largest absolute Gasteiger partial charge is 0.319 e. The number of carbonyl (C=O) groups excluding carboxylic acids is 2.